The van der Waals surface area contributed by atoms with Crippen LogP contribution in [0.5, 0.6) is 5.75 Å². The predicted octanol–water partition coefficient (Wildman–Crippen LogP) is 3.79. The Balaban J connectivity index is 2.93. The fraction of sp³-hybridized carbons (Fsp3) is 0.588. The van der Waals surface area contributed by atoms with Crippen LogP contribution in [0.3, 0.4) is 0 Å². The largest absolute Gasteiger partial charge is 0.497 e. The lowest BCUT2D eigenvalue weighted by Gasteiger charge is -2.30. The van der Waals surface area contributed by atoms with Crippen molar-refractivity contribution in [3.63, 3.8) is 0 Å². The zero-order chi connectivity index (χ0) is 15.9. The van der Waals surface area contributed by atoms with Crippen molar-refractivity contribution >= 4 is 5.97 Å². The van der Waals surface area contributed by atoms with Gasteiger partial charge in [0.25, 0.3) is 0 Å². The molecule has 0 amide bonds. The summed E-state index contributed by atoms with van der Waals surface area (Å²) in [6, 6.07) is 7.16. The van der Waals surface area contributed by atoms with Gasteiger partial charge in [0.05, 0.1) is 18.6 Å². The molecule has 0 saturated heterocycles. The lowest BCUT2D eigenvalue weighted by Crippen LogP contribution is -2.32. The van der Waals surface area contributed by atoms with Crippen LogP contribution in [-0.4, -0.2) is 23.3 Å². The number of aliphatic hydroxyl groups is 1. The highest BCUT2D eigenvalue weighted by molar-refractivity contribution is 5.74. The smallest absolute Gasteiger partial charge is 0.309 e. The summed E-state index contributed by atoms with van der Waals surface area (Å²) in [5, 5.41) is 20.0. The van der Waals surface area contributed by atoms with Gasteiger partial charge < -0.3 is 14.9 Å². The summed E-state index contributed by atoms with van der Waals surface area (Å²) >= 11 is 0. The van der Waals surface area contributed by atoms with Gasteiger partial charge in [0, 0.05) is 0 Å². The first kappa shape index (κ1) is 17.5. The summed E-state index contributed by atoms with van der Waals surface area (Å²) in [6.07, 6.45) is 2.34. The number of aliphatic hydroxyl groups excluding tert-OH is 1. The van der Waals surface area contributed by atoms with E-state index < -0.39 is 17.5 Å². The molecule has 1 rings (SSSR count). The molecule has 1 aromatic rings. The highest BCUT2D eigenvalue weighted by atomic mass is 16.5. The SMILES string of the molecule is CCCCC(CC)(CC(O)c1cccc(OC)c1)C(=O)O. The summed E-state index contributed by atoms with van der Waals surface area (Å²) in [5.74, 6) is -0.155. The monoisotopic (exact) mass is 294 g/mol. The van der Waals surface area contributed by atoms with E-state index in [-0.39, 0.29) is 6.42 Å². The molecule has 2 atom stereocenters. The lowest BCUT2D eigenvalue weighted by molar-refractivity contribution is -0.152. The molecular formula is C17H26O4. The second-order valence-corrected chi connectivity index (χ2v) is 5.54. The fourth-order valence-electron chi connectivity index (χ4n) is 2.62. The molecule has 0 aliphatic rings. The van der Waals surface area contributed by atoms with Crippen LogP contribution in [0.2, 0.25) is 0 Å². The molecule has 1 aromatic carbocycles. The van der Waals surface area contributed by atoms with Crippen LogP contribution < -0.4 is 4.74 Å². The van der Waals surface area contributed by atoms with Gasteiger partial charge in [-0.15, -0.1) is 0 Å². The maximum atomic E-state index is 11.7. The first-order valence-corrected chi connectivity index (χ1v) is 7.54. The van der Waals surface area contributed by atoms with Crippen LogP contribution >= 0.6 is 0 Å². The third-order valence-electron chi connectivity index (χ3n) is 4.20. The highest BCUT2D eigenvalue weighted by Gasteiger charge is 2.38. The van der Waals surface area contributed by atoms with Gasteiger partial charge in [0.1, 0.15) is 5.75 Å². The Hall–Kier alpha value is -1.55. The molecule has 0 fully saturated rings. The van der Waals surface area contributed by atoms with Gasteiger partial charge in [-0.3, -0.25) is 4.79 Å². The Labute approximate surface area is 126 Å². The topological polar surface area (TPSA) is 66.8 Å². The van der Waals surface area contributed by atoms with E-state index in [1.54, 1.807) is 31.4 Å². The van der Waals surface area contributed by atoms with Gasteiger partial charge in [0.2, 0.25) is 0 Å². The number of rotatable bonds is 9. The number of carbonyl (C=O) groups is 1. The number of carboxylic acid groups (broad SMARTS) is 1. The summed E-state index contributed by atoms with van der Waals surface area (Å²) in [7, 11) is 1.57. The third kappa shape index (κ3) is 4.46. The molecule has 2 unspecified atom stereocenters. The van der Waals surface area contributed by atoms with Crippen molar-refractivity contribution in [3.05, 3.63) is 29.8 Å². The van der Waals surface area contributed by atoms with E-state index >= 15 is 0 Å². The van der Waals surface area contributed by atoms with Crippen molar-refractivity contribution in [3.8, 4) is 5.75 Å². The first-order valence-electron chi connectivity index (χ1n) is 7.54. The number of hydrogen-bond donors (Lipinski definition) is 2. The van der Waals surface area contributed by atoms with E-state index in [4.69, 9.17) is 4.74 Å². The number of carboxylic acids is 1. The van der Waals surface area contributed by atoms with Gasteiger partial charge in [-0.25, -0.2) is 0 Å². The van der Waals surface area contributed by atoms with E-state index in [0.29, 0.717) is 24.2 Å². The number of methoxy groups -OCH3 is 1. The highest BCUT2D eigenvalue weighted by Crippen LogP contribution is 2.39. The zero-order valence-corrected chi connectivity index (χ0v) is 13.1. The minimum absolute atomic E-state index is 0.228. The van der Waals surface area contributed by atoms with Gasteiger partial charge in [0.15, 0.2) is 0 Å². The quantitative estimate of drug-likeness (QED) is 0.727. The molecule has 0 radical (unpaired) electrons. The van der Waals surface area contributed by atoms with Gasteiger partial charge in [-0.1, -0.05) is 38.8 Å². The Morgan fingerprint density at radius 1 is 1.38 bits per heavy atom. The Bertz CT molecular complexity index is 458. The number of ether oxygens (including phenoxy) is 1. The van der Waals surface area contributed by atoms with E-state index in [1.165, 1.54) is 0 Å². The molecule has 0 spiro atoms. The molecule has 0 saturated carbocycles. The van der Waals surface area contributed by atoms with E-state index in [9.17, 15) is 15.0 Å². The normalized spacial score (nSPS) is 15.2. The lowest BCUT2D eigenvalue weighted by atomic mass is 9.75. The number of aliphatic carboxylic acids is 1. The summed E-state index contributed by atoms with van der Waals surface area (Å²) in [6.45, 7) is 3.92. The zero-order valence-electron chi connectivity index (χ0n) is 13.1. The Kier molecular flexibility index (Phi) is 6.69. The van der Waals surface area contributed by atoms with Crippen LogP contribution in [0, 0.1) is 5.41 Å². The van der Waals surface area contributed by atoms with Crippen LogP contribution in [0.15, 0.2) is 24.3 Å². The Morgan fingerprint density at radius 2 is 2.10 bits per heavy atom. The molecule has 118 valence electrons. The number of benzene rings is 1. The van der Waals surface area contributed by atoms with Gasteiger partial charge in [-0.05, 0) is 37.0 Å². The van der Waals surface area contributed by atoms with E-state index in [2.05, 4.69) is 0 Å². The van der Waals surface area contributed by atoms with Crippen LogP contribution in [0.25, 0.3) is 0 Å². The molecule has 0 aliphatic heterocycles. The maximum Gasteiger partial charge on any atom is 0.309 e. The minimum atomic E-state index is -0.863. The average molecular weight is 294 g/mol. The second-order valence-electron chi connectivity index (χ2n) is 5.54. The molecule has 0 aromatic heterocycles. The summed E-state index contributed by atoms with van der Waals surface area (Å²) < 4.78 is 5.15. The minimum Gasteiger partial charge on any atom is -0.497 e. The molecule has 0 bridgehead atoms. The molecule has 4 nitrogen and oxygen atoms in total. The Morgan fingerprint density at radius 3 is 2.62 bits per heavy atom. The average Bonchev–Trinajstić information content (AvgIpc) is 2.51. The van der Waals surface area contributed by atoms with Crippen molar-refractivity contribution < 1.29 is 19.7 Å². The van der Waals surface area contributed by atoms with Crippen molar-refractivity contribution in [2.75, 3.05) is 7.11 Å². The van der Waals surface area contributed by atoms with Gasteiger partial charge in [-0.2, -0.15) is 0 Å². The number of hydrogen-bond acceptors (Lipinski definition) is 3. The summed E-state index contributed by atoms with van der Waals surface area (Å²) in [4.78, 5) is 11.7. The molecular weight excluding hydrogens is 268 g/mol. The second kappa shape index (κ2) is 8.03. The van der Waals surface area contributed by atoms with Crippen molar-refractivity contribution in [2.45, 2.75) is 52.1 Å². The summed E-state index contributed by atoms with van der Waals surface area (Å²) in [5.41, 5.74) is -0.164. The third-order valence-corrected chi connectivity index (χ3v) is 4.20. The van der Waals surface area contributed by atoms with Crippen LogP contribution in [0.1, 0.15) is 57.6 Å². The predicted molar refractivity (Wildman–Crippen MR) is 82.5 cm³/mol. The van der Waals surface area contributed by atoms with Crippen LogP contribution in [0.4, 0.5) is 0 Å². The molecule has 0 heterocycles. The maximum absolute atomic E-state index is 11.7. The van der Waals surface area contributed by atoms with Crippen LogP contribution in [-0.2, 0) is 4.79 Å². The molecule has 21 heavy (non-hydrogen) atoms. The van der Waals surface area contributed by atoms with Crippen molar-refractivity contribution in [1.82, 2.24) is 0 Å². The molecule has 0 aliphatic carbocycles. The van der Waals surface area contributed by atoms with E-state index in [0.717, 1.165) is 12.8 Å². The number of unbranched alkanes of at least 4 members (excludes halogenated alkanes) is 1. The molecule has 2 N–H and O–H groups in total. The van der Waals surface area contributed by atoms with Crippen molar-refractivity contribution in [2.24, 2.45) is 5.41 Å². The standard InChI is InChI=1S/C17H26O4/c1-4-6-10-17(5-2,16(19)20)12-15(18)13-8-7-9-14(11-13)21-3/h7-9,11,15,18H,4-6,10,12H2,1-3H3,(H,19,20). The molecule has 4 heteroatoms. The first-order chi connectivity index (χ1) is 9.99. The fourth-order valence-corrected chi connectivity index (χ4v) is 2.62. The van der Waals surface area contributed by atoms with Gasteiger partial charge >= 0.3 is 5.97 Å². The van der Waals surface area contributed by atoms with E-state index in [1.807, 2.05) is 13.8 Å². The van der Waals surface area contributed by atoms with Crippen molar-refractivity contribution in [1.29, 1.82) is 0 Å².